The highest BCUT2D eigenvalue weighted by atomic mass is 16.2. The van der Waals surface area contributed by atoms with Gasteiger partial charge in [0.25, 0.3) is 0 Å². The lowest BCUT2D eigenvalue weighted by molar-refractivity contribution is 0.284. The monoisotopic (exact) mass is 143 g/mol. The van der Waals surface area contributed by atoms with Gasteiger partial charge in [-0.15, -0.1) is 6.58 Å². The van der Waals surface area contributed by atoms with Crippen LogP contribution in [0, 0.1) is 0 Å². The van der Waals surface area contributed by atoms with E-state index < -0.39 is 0 Å². The first-order chi connectivity index (χ1) is 4.91. The molecule has 2 N–H and O–H groups in total. The van der Waals surface area contributed by atoms with E-state index in [1.54, 1.807) is 0 Å². The van der Waals surface area contributed by atoms with E-state index in [9.17, 15) is 0 Å². The predicted octanol–water partition coefficient (Wildman–Crippen LogP) is 0.925. The Morgan fingerprint density at radius 3 is 2.70 bits per heavy atom. The Balaban J connectivity index is 2.70. The molecule has 10 heavy (non-hydrogen) atoms. The van der Waals surface area contributed by atoms with Crippen molar-refractivity contribution in [2.45, 2.75) is 19.3 Å². The lowest BCUT2D eigenvalue weighted by Gasteiger charge is -1.99. The molecule has 0 heterocycles. The summed E-state index contributed by atoms with van der Waals surface area (Å²) in [5.74, 6) is 0. The van der Waals surface area contributed by atoms with E-state index in [2.05, 4.69) is 11.9 Å². The second-order valence-corrected chi connectivity index (χ2v) is 2.26. The molecule has 60 valence electrons. The van der Waals surface area contributed by atoms with Crippen LogP contribution in [0.2, 0.25) is 0 Å². The summed E-state index contributed by atoms with van der Waals surface area (Å²) in [5.41, 5.74) is 0. The number of rotatable bonds is 7. The fraction of sp³-hybridized carbons (Fsp3) is 0.750. The minimum absolute atomic E-state index is 0.309. The highest BCUT2D eigenvalue weighted by Crippen LogP contribution is 1.83. The Kier molecular flexibility index (Phi) is 8.37. The van der Waals surface area contributed by atoms with Crippen LogP contribution in [0.1, 0.15) is 19.3 Å². The molecule has 0 spiro atoms. The van der Waals surface area contributed by atoms with Crippen LogP contribution in [0.25, 0.3) is 0 Å². The molecule has 0 atom stereocenters. The maximum atomic E-state index is 8.43. The molecule has 0 aliphatic rings. The van der Waals surface area contributed by atoms with Gasteiger partial charge in [0.2, 0.25) is 0 Å². The van der Waals surface area contributed by atoms with Crippen molar-refractivity contribution in [3.8, 4) is 0 Å². The highest BCUT2D eigenvalue weighted by molar-refractivity contribution is 4.67. The SMILES string of the molecule is C=CCCNCCCCO. The van der Waals surface area contributed by atoms with Crippen LogP contribution in [0.5, 0.6) is 0 Å². The molecule has 0 saturated carbocycles. The van der Waals surface area contributed by atoms with E-state index in [0.29, 0.717) is 6.61 Å². The van der Waals surface area contributed by atoms with Gasteiger partial charge < -0.3 is 10.4 Å². The number of hydrogen-bond acceptors (Lipinski definition) is 2. The number of nitrogens with one attached hydrogen (secondary N) is 1. The van der Waals surface area contributed by atoms with E-state index >= 15 is 0 Å². The van der Waals surface area contributed by atoms with Crippen LogP contribution in [-0.4, -0.2) is 24.8 Å². The van der Waals surface area contributed by atoms with Crippen molar-refractivity contribution in [1.29, 1.82) is 0 Å². The first kappa shape index (κ1) is 9.66. The van der Waals surface area contributed by atoms with Crippen molar-refractivity contribution in [1.82, 2.24) is 5.32 Å². The summed E-state index contributed by atoms with van der Waals surface area (Å²) in [6.07, 6.45) is 4.90. The Morgan fingerprint density at radius 2 is 2.10 bits per heavy atom. The van der Waals surface area contributed by atoms with Gasteiger partial charge in [0.05, 0.1) is 0 Å². The molecule has 0 aromatic heterocycles. The Morgan fingerprint density at radius 1 is 1.30 bits per heavy atom. The summed E-state index contributed by atoms with van der Waals surface area (Å²) < 4.78 is 0. The Labute approximate surface area is 62.9 Å². The van der Waals surface area contributed by atoms with Crippen LogP contribution >= 0.6 is 0 Å². The molecule has 0 amide bonds. The van der Waals surface area contributed by atoms with Gasteiger partial charge >= 0.3 is 0 Å². The Hall–Kier alpha value is -0.340. The van der Waals surface area contributed by atoms with Crippen molar-refractivity contribution in [3.05, 3.63) is 12.7 Å². The third-order valence-electron chi connectivity index (χ3n) is 1.29. The summed E-state index contributed by atoms with van der Waals surface area (Å²) in [7, 11) is 0. The van der Waals surface area contributed by atoms with Crippen LogP contribution < -0.4 is 5.32 Å². The first-order valence-corrected chi connectivity index (χ1v) is 3.84. The zero-order chi connectivity index (χ0) is 7.66. The molecule has 0 saturated heterocycles. The quantitative estimate of drug-likeness (QED) is 0.410. The fourth-order valence-electron chi connectivity index (χ4n) is 0.691. The zero-order valence-electron chi connectivity index (χ0n) is 6.47. The molecule has 0 radical (unpaired) electrons. The lowest BCUT2D eigenvalue weighted by atomic mass is 10.3. The number of aliphatic hydroxyl groups excluding tert-OH is 1. The van der Waals surface area contributed by atoms with Crippen molar-refractivity contribution >= 4 is 0 Å². The van der Waals surface area contributed by atoms with Gasteiger partial charge in [0.1, 0.15) is 0 Å². The zero-order valence-corrected chi connectivity index (χ0v) is 6.47. The highest BCUT2D eigenvalue weighted by Gasteiger charge is 1.84. The molecule has 0 aromatic carbocycles. The van der Waals surface area contributed by atoms with Crippen LogP contribution in [-0.2, 0) is 0 Å². The van der Waals surface area contributed by atoms with Gasteiger partial charge in [-0.1, -0.05) is 6.08 Å². The smallest absolute Gasteiger partial charge is 0.0431 e. The summed E-state index contributed by atoms with van der Waals surface area (Å²) in [5, 5.41) is 11.7. The van der Waals surface area contributed by atoms with E-state index in [1.165, 1.54) is 0 Å². The maximum absolute atomic E-state index is 8.43. The van der Waals surface area contributed by atoms with Crippen molar-refractivity contribution in [2.24, 2.45) is 0 Å². The van der Waals surface area contributed by atoms with Gasteiger partial charge in [-0.2, -0.15) is 0 Å². The molecule has 2 nitrogen and oxygen atoms in total. The standard InChI is InChI=1S/C8H17NO/c1-2-3-6-9-7-4-5-8-10/h2,9-10H,1,3-8H2. The molecule has 2 heteroatoms. The third-order valence-corrected chi connectivity index (χ3v) is 1.29. The molecular formula is C8H17NO. The number of hydrogen-bond donors (Lipinski definition) is 2. The molecule has 0 unspecified atom stereocenters. The number of aliphatic hydroxyl groups is 1. The minimum atomic E-state index is 0.309. The topological polar surface area (TPSA) is 32.3 Å². The van der Waals surface area contributed by atoms with Gasteiger partial charge in [-0.3, -0.25) is 0 Å². The summed E-state index contributed by atoms with van der Waals surface area (Å²) in [6.45, 7) is 5.94. The van der Waals surface area contributed by atoms with Crippen LogP contribution in [0.15, 0.2) is 12.7 Å². The minimum Gasteiger partial charge on any atom is -0.396 e. The summed E-state index contributed by atoms with van der Waals surface area (Å²) in [4.78, 5) is 0. The molecule has 0 bridgehead atoms. The van der Waals surface area contributed by atoms with E-state index in [0.717, 1.165) is 32.4 Å². The van der Waals surface area contributed by atoms with Gasteiger partial charge in [0, 0.05) is 6.61 Å². The van der Waals surface area contributed by atoms with Gasteiger partial charge in [-0.05, 0) is 32.4 Å². The second-order valence-electron chi connectivity index (χ2n) is 2.26. The van der Waals surface area contributed by atoms with E-state index in [-0.39, 0.29) is 0 Å². The summed E-state index contributed by atoms with van der Waals surface area (Å²) >= 11 is 0. The van der Waals surface area contributed by atoms with Crippen molar-refractivity contribution < 1.29 is 5.11 Å². The Bertz CT molecular complexity index is 73.7. The maximum Gasteiger partial charge on any atom is 0.0431 e. The molecule has 0 aliphatic heterocycles. The lowest BCUT2D eigenvalue weighted by Crippen LogP contribution is -2.16. The average molecular weight is 143 g/mol. The molecule has 0 fully saturated rings. The third kappa shape index (κ3) is 7.66. The average Bonchev–Trinajstić information content (AvgIpc) is 1.97. The normalized spacial score (nSPS) is 9.70. The largest absolute Gasteiger partial charge is 0.396 e. The first-order valence-electron chi connectivity index (χ1n) is 3.84. The predicted molar refractivity (Wildman–Crippen MR) is 44.0 cm³/mol. The van der Waals surface area contributed by atoms with Crippen LogP contribution in [0.4, 0.5) is 0 Å². The molecule has 0 rings (SSSR count). The van der Waals surface area contributed by atoms with Gasteiger partial charge in [-0.25, -0.2) is 0 Å². The van der Waals surface area contributed by atoms with Gasteiger partial charge in [0.15, 0.2) is 0 Å². The van der Waals surface area contributed by atoms with E-state index in [4.69, 9.17) is 5.11 Å². The second kappa shape index (κ2) is 8.66. The fourth-order valence-corrected chi connectivity index (χ4v) is 0.691. The van der Waals surface area contributed by atoms with E-state index in [1.807, 2.05) is 6.08 Å². The van der Waals surface area contributed by atoms with Crippen molar-refractivity contribution in [2.75, 3.05) is 19.7 Å². The molecule has 0 aliphatic carbocycles. The molecule has 0 aromatic rings. The molecular weight excluding hydrogens is 126 g/mol. The van der Waals surface area contributed by atoms with Crippen LogP contribution in [0.3, 0.4) is 0 Å². The van der Waals surface area contributed by atoms with Crippen molar-refractivity contribution in [3.63, 3.8) is 0 Å². The summed E-state index contributed by atoms with van der Waals surface area (Å²) in [6, 6.07) is 0. The number of unbranched alkanes of at least 4 members (excludes halogenated alkanes) is 1.